The van der Waals surface area contributed by atoms with Crippen LogP contribution in [-0.2, 0) is 6.42 Å². The van der Waals surface area contributed by atoms with Gasteiger partial charge in [-0.25, -0.2) is 4.98 Å². The molecule has 3 aliphatic rings. The van der Waals surface area contributed by atoms with E-state index in [0.717, 1.165) is 47.8 Å². The summed E-state index contributed by atoms with van der Waals surface area (Å²) in [5, 5.41) is 6.71. The van der Waals surface area contributed by atoms with Gasteiger partial charge in [-0.05, 0) is 72.4 Å². The van der Waals surface area contributed by atoms with E-state index < -0.39 is 0 Å². The predicted molar refractivity (Wildman–Crippen MR) is 167 cm³/mol. The number of anilines is 5. The zero-order valence-corrected chi connectivity index (χ0v) is 25.6. The molecule has 2 fully saturated rings. The lowest BCUT2D eigenvalue weighted by atomic mass is 10.0. The maximum absolute atomic E-state index is 12.5. The smallest absolute Gasteiger partial charge is 0.229 e. The summed E-state index contributed by atoms with van der Waals surface area (Å²) < 4.78 is 6.53. The number of benzene rings is 2. The summed E-state index contributed by atoms with van der Waals surface area (Å²) in [6, 6.07) is 10.8. The maximum Gasteiger partial charge on any atom is 0.229 e. The molecule has 1 aliphatic carbocycles. The summed E-state index contributed by atoms with van der Waals surface area (Å²) in [5.41, 5.74) is 5.81. The molecule has 2 aliphatic heterocycles. The Balaban J connectivity index is 1.17. The number of fused-ring (bicyclic) bond motifs is 1. The molecule has 2 aromatic carbocycles. The van der Waals surface area contributed by atoms with E-state index in [1.54, 1.807) is 13.3 Å². The number of Topliss-reactive ketones (excluding diaryl/α,β-unsaturated/α-hetero) is 1. The number of nitrogens with one attached hydrogen (secondary N) is 2. The number of likely N-dealkylation sites (N-methyl/N-ethyl adjacent to an activating group) is 1. The van der Waals surface area contributed by atoms with Gasteiger partial charge in [-0.3, -0.25) is 9.69 Å². The molecule has 6 rings (SSSR count). The molecule has 0 spiro atoms. The molecule has 2 N–H and O–H groups in total. The minimum Gasteiger partial charge on any atom is -0.494 e. The lowest BCUT2D eigenvalue weighted by Gasteiger charge is -2.43. The van der Waals surface area contributed by atoms with Crippen molar-refractivity contribution in [3.05, 3.63) is 57.7 Å². The van der Waals surface area contributed by atoms with Crippen molar-refractivity contribution < 1.29 is 9.53 Å². The van der Waals surface area contributed by atoms with Gasteiger partial charge in [0, 0.05) is 75.2 Å². The van der Waals surface area contributed by atoms with Crippen LogP contribution in [0, 0.1) is 6.92 Å². The minimum atomic E-state index is 0.162. The first kappa shape index (κ1) is 27.9. The second-order valence-corrected chi connectivity index (χ2v) is 12.2. The van der Waals surface area contributed by atoms with Crippen molar-refractivity contribution in [2.24, 2.45) is 0 Å². The predicted octanol–water partition coefficient (Wildman–Crippen LogP) is 5.39. The highest BCUT2D eigenvalue weighted by atomic mass is 79.9. The molecule has 0 unspecified atom stereocenters. The quantitative estimate of drug-likeness (QED) is 0.361. The monoisotopic (exact) mass is 619 g/mol. The number of piperidine rings is 1. The summed E-state index contributed by atoms with van der Waals surface area (Å²) in [6.45, 7) is 8.92. The van der Waals surface area contributed by atoms with Crippen molar-refractivity contribution in [1.82, 2.24) is 19.8 Å². The summed E-state index contributed by atoms with van der Waals surface area (Å²) in [7, 11) is 3.91. The summed E-state index contributed by atoms with van der Waals surface area (Å²) >= 11 is 3.56. The lowest BCUT2D eigenvalue weighted by Crippen LogP contribution is -2.52. The molecule has 0 atom stereocenters. The number of carbonyl (C=O) groups is 1. The molecule has 0 amide bonds. The first-order chi connectivity index (χ1) is 19.9. The van der Waals surface area contributed by atoms with Crippen LogP contribution in [0.15, 0.2) is 41.0 Å². The lowest BCUT2D eigenvalue weighted by molar-refractivity contribution is 0.0982. The summed E-state index contributed by atoms with van der Waals surface area (Å²) in [4.78, 5) is 29.3. The van der Waals surface area contributed by atoms with E-state index in [1.807, 2.05) is 18.2 Å². The van der Waals surface area contributed by atoms with Crippen LogP contribution < -0.4 is 20.3 Å². The minimum absolute atomic E-state index is 0.162. The number of ketones is 1. The van der Waals surface area contributed by atoms with Gasteiger partial charge in [-0.1, -0.05) is 12.1 Å². The van der Waals surface area contributed by atoms with Crippen LogP contribution in [0.5, 0.6) is 5.75 Å². The summed E-state index contributed by atoms with van der Waals surface area (Å²) in [5.74, 6) is 1.94. The third-order valence-corrected chi connectivity index (χ3v) is 9.25. The Morgan fingerprint density at radius 2 is 1.78 bits per heavy atom. The highest BCUT2D eigenvalue weighted by Gasteiger charge is 2.28. The van der Waals surface area contributed by atoms with E-state index >= 15 is 0 Å². The van der Waals surface area contributed by atoms with Crippen LogP contribution >= 0.6 is 15.9 Å². The molecule has 9 nitrogen and oxygen atoms in total. The third kappa shape index (κ3) is 5.91. The van der Waals surface area contributed by atoms with E-state index in [1.165, 1.54) is 50.3 Å². The van der Waals surface area contributed by atoms with Gasteiger partial charge in [-0.15, -0.1) is 0 Å². The van der Waals surface area contributed by atoms with Crippen molar-refractivity contribution in [1.29, 1.82) is 0 Å². The fourth-order valence-electron chi connectivity index (χ4n) is 6.32. The standard InChI is InChI=1S/C31H38BrN7O2/c1-20-17-25(28(41-3)18-26(20)39-11-9-22(10-12-39)38-15-13-37(2)14-16-38)35-31-33-19-23(32)30(36-31)34-24-6-4-5-21-7-8-27(40)29(21)24/h4-6,17-19,22H,7-16H2,1-3H3,(H2,33,34,35,36). The van der Waals surface area contributed by atoms with Gasteiger partial charge in [0.05, 0.1) is 23.0 Å². The second-order valence-electron chi connectivity index (χ2n) is 11.3. The van der Waals surface area contributed by atoms with Gasteiger partial charge in [-0.2, -0.15) is 4.98 Å². The number of hydrogen-bond donors (Lipinski definition) is 2. The molecule has 10 heteroatoms. The molecule has 216 valence electrons. The van der Waals surface area contributed by atoms with Crippen molar-refractivity contribution >= 4 is 50.5 Å². The van der Waals surface area contributed by atoms with E-state index in [0.29, 0.717) is 28.7 Å². The Bertz CT molecular complexity index is 1430. The van der Waals surface area contributed by atoms with Crippen LogP contribution in [0.3, 0.4) is 0 Å². The molecule has 3 aromatic rings. The van der Waals surface area contributed by atoms with Gasteiger partial charge in [0.1, 0.15) is 11.6 Å². The molecule has 2 saturated heterocycles. The van der Waals surface area contributed by atoms with Crippen LogP contribution in [0.25, 0.3) is 0 Å². The van der Waals surface area contributed by atoms with Crippen LogP contribution in [-0.4, -0.2) is 85.0 Å². The number of hydrogen-bond acceptors (Lipinski definition) is 9. The SMILES string of the molecule is COc1cc(N2CCC(N3CCN(C)CC3)CC2)c(C)cc1Nc1ncc(Br)c(Nc2cccc3c2C(=O)CC3)n1. The Morgan fingerprint density at radius 1 is 1.00 bits per heavy atom. The zero-order chi connectivity index (χ0) is 28.5. The number of aromatic nitrogens is 2. The van der Waals surface area contributed by atoms with Crippen LogP contribution in [0.2, 0.25) is 0 Å². The molecule has 0 bridgehead atoms. The van der Waals surface area contributed by atoms with Gasteiger partial charge >= 0.3 is 0 Å². The number of nitrogens with zero attached hydrogens (tertiary/aromatic N) is 5. The van der Waals surface area contributed by atoms with E-state index in [2.05, 4.69) is 72.4 Å². The Kier molecular flexibility index (Phi) is 8.14. The number of rotatable bonds is 7. The number of methoxy groups -OCH3 is 1. The second kappa shape index (κ2) is 12.0. The fraction of sp³-hybridized carbons (Fsp3) is 0.452. The van der Waals surface area contributed by atoms with E-state index in [4.69, 9.17) is 9.72 Å². The number of carbonyl (C=O) groups excluding carboxylic acids is 1. The van der Waals surface area contributed by atoms with Crippen molar-refractivity contribution in [3.63, 3.8) is 0 Å². The zero-order valence-electron chi connectivity index (χ0n) is 24.0. The highest BCUT2D eigenvalue weighted by Crippen LogP contribution is 2.37. The number of piperazine rings is 1. The van der Waals surface area contributed by atoms with Crippen LogP contribution in [0.4, 0.5) is 28.8 Å². The average Bonchev–Trinajstić information content (AvgIpc) is 3.37. The molecule has 0 radical (unpaired) electrons. The van der Waals surface area contributed by atoms with Gasteiger partial charge in [0.2, 0.25) is 5.95 Å². The average molecular weight is 621 g/mol. The molecule has 1 aromatic heterocycles. The normalized spacial score (nSPS) is 18.4. The van der Waals surface area contributed by atoms with Gasteiger partial charge in [0.15, 0.2) is 5.78 Å². The molecular weight excluding hydrogens is 582 g/mol. The Morgan fingerprint density at radius 3 is 2.54 bits per heavy atom. The molecule has 0 saturated carbocycles. The maximum atomic E-state index is 12.5. The van der Waals surface area contributed by atoms with E-state index in [-0.39, 0.29) is 5.78 Å². The highest BCUT2D eigenvalue weighted by molar-refractivity contribution is 9.10. The molecular formula is C31H38BrN7O2. The number of aryl methyl sites for hydroxylation is 2. The van der Waals surface area contributed by atoms with Gasteiger partial charge < -0.3 is 25.2 Å². The Labute approximate surface area is 250 Å². The number of ether oxygens (including phenoxy) is 1. The Hall–Kier alpha value is -3.21. The van der Waals surface area contributed by atoms with Gasteiger partial charge in [0.25, 0.3) is 0 Å². The third-order valence-electron chi connectivity index (χ3n) is 8.67. The van der Waals surface area contributed by atoms with Crippen molar-refractivity contribution in [3.8, 4) is 5.75 Å². The molecule has 3 heterocycles. The first-order valence-corrected chi connectivity index (χ1v) is 15.3. The topological polar surface area (TPSA) is 85.9 Å². The largest absolute Gasteiger partial charge is 0.494 e. The van der Waals surface area contributed by atoms with Crippen molar-refractivity contribution in [2.45, 2.75) is 38.6 Å². The fourth-order valence-corrected chi connectivity index (χ4v) is 6.61. The van der Waals surface area contributed by atoms with E-state index in [9.17, 15) is 4.79 Å². The van der Waals surface area contributed by atoms with Crippen LogP contribution in [0.1, 0.15) is 40.7 Å². The molecule has 41 heavy (non-hydrogen) atoms. The van der Waals surface area contributed by atoms with Crippen molar-refractivity contribution in [2.75, 3.05) is 69.0 Å². The summed E-state index contributed by atoms with van der Waals surface area (Å²) in [6.07, 6.45) is 5.41. The number of halogens is 1. The first-order valence-electron chi connectivity index (χ1n) is 14.5.